The highest BCUT2D eigenvalue weighted by Gasteiger charge is 2.27. The Morgan fingerprint density at radius 1 is 1.21 bits per heavy atom. The molecule has 4 rings (SSSR count). The predicted octanol–water partition coefficient (Wildman–Crippen LogP) is 5.70. The Kier molecular flexibility index (Phi) is 5.41. The highest BCUT2D eigenvalue weighted by atomic mass is 35.5. The van der Waals surface area contributed by atoms with E-state index in [-0.39, 0.29) is 12.0 Å². The third-order valence-electron chi connectivity index (χ3n) is 4.99. The summed E-state index contributed by atoms with van der Waals surface area (Å²) in [5.74, 6) is -0.0369. The van der Waals surface area contributed by atoms with Crippen LogP contribution in [-0.4, -0.2) is 30.1 Å². The normalized spacial score (nSPS) is 16.6. The average molecular weight is 415 g/mol. The van der Waals surface area contributed by atoms with Gasteiger partial charge in [0.2, 0.25) is 0 Å². The van der Waals surface area contributed by atoms with Crippen LogP contribution >= 0.6 is 22.9 Å². The van der Waals surface area contributed by atoms with Crippen LogP contribution in [0.5, 0.6) is 0 Å². The molecular weight excluding hydrogens is 392 g/mol. The number of anilines is 1. The minimum Gasteiger partial charge on any atom is -0.376 e. The molecule has 1 atom stereocenters. The number of fused-ring (bicyclic) bond motifs is 1. The van der Waals surface area contributed by atoms with Crippen LogP contribution in [0.25, 0.3) is 10.2 Å². The SMILES string of the molecule is Cc1cc(C)cc(C(=O)N(CC2CCCO2)c2nc3c(C)cc(Cl)cc3s2)c1. The summed E-state index contributed by atoms with van der Waals surface area (Å²) in [4.78, 5) is 20.1. The van der Waals surface area contributed by atoms with Gasteiger partial charge in [0.25, 0.3) is 5.91 Å². The van der Waals surface area contributed by atoms with Crippen LogP contribution in [0.4, 0.5) is 5.13 Å². The lowest BCUT2D eigenvalue weighted by Gasteiger charge is -2.23. The molecule has 2 aromatic carbocycles. The molecule has 0 aliphatic carbocycles. The zero-order valence-electron chi connectivity index (χ0n) is 16.3. The number of hydrogen-bond donors (Lipinski definition) is 0. The molecule has 1 aliphatic rings. The number of aryl methyl sites for hydroxylation is 3. The molecule has 6 heteroatoms. The second-order valence-corrected chi connectivity index (χ2v) is 8.94. The van der Waals surface area contributed by atoms with Crippen molar-refractivity contribution in [2.45, 2.75) is 39.7 Å². The van der Waals surface area contributed by atoms with Crippen molar-refractivity contribution < 1.29 is 9.53 Å². The molecule has 0 radical (unpaired) electrons. The molecule has 2 heterocycles. The molecule has 146 valence electrons. The van der Waals surface area contributed by atoms with Crippen LogP contribution in [-0.2, 0) is 4.74 Å². The molecule has 1 fully saturated rings. The third-order valence-corrected chi connectivity index (χ3v) is 6.24. The van der Waals surface area contributed by atoms with E-state index in [2.05, 4.69) is 6.07 Å². The van der Waals surface area contributed by atoms with Gasteiger partial charge >= 0.3 is 0 Å². The minimum absolute atomic E-state index is 0.0369. The number of nitrogens with zero attached hydrogens (tertiary/aromatic N) is 2. The van der Waals surface area contributed by atoms with Gasteiger partial charge in [-0.25, -0.2) is 4.98 Å². The van der Waals surface area contributed by atoms with Crippen molar-refractivity contribution in [3.05, 3.63) is 57.6 Å². The van der Waals surface area contributed by atoms with Gasteiger partial charge in [-0.1, -0.05) is 40.1 Å². The van der Waals surface area contributed by atoms with Gasteiger partial charge in [-0.05, 0) is 63.4 Å². The first kappa shape index (κ1) is 19.4. The summed E-state index contributed by atoms with van der Waals surface area (Å²) >= 11 is 7.72. The van der Waals surface area contributed by atoms with Crippen molar-refractivity contribution in [3.8, 4) is 0 Å². The van der Waals surface area contributed by atoms with Crippen LogP contribution in [0.2, 0.25) is 5.02 Å². The number of benzene rings is 2. The fourth-order valence-electron chi connectivity index (χ4n) is 3.75. The van der Waals surface area contributed by atoms with E-state index in [0.29, 0.717) is 22.3 Å². The van der Waals surface area contributed by atoms with Crippen LogP contribution in [0.1, 0.15) is 39.9 Å². The maximum absolute atomic E-state index is 13.5. The zero-order valence-corrected chi connectivity index (χ0v) is 17.9. The second kappa shape index (κ2) is 7.82. The fraction of sp³-hybridized carbons (Fsp3) is 0.364. The van der Waals surface area contributed by atoms with Crippen molar-refractivity contribution in [2.24, 2.45) is 0 Å². The third kappa shape index (κ3) is 3.93. The monoisotopic (exact) mass is 414 g/mol. The number of amides is 1. The van der Waals surface area contributed by atoms with E-state index >= 15 is 0 Å². The Morgan fingerprint density at radius 2 is 1.96 bits per heavy atom. The molecule has 28 heavy (non-hydrogen) atoms. The average Bonchev–Trinajstić information content (AvgIpc) is 3.27. The number of hydrogen-bond acceptors (Lipinski definition) is 4. The Labute approximate surface area is 174 Å². The highest BCUT2D eigenvalue weighted by Crippen LogP contribution is 2.34. The quantitative estimate of drug-likeness (QED) is 0.549. The molecule has 0 spiro atoms. The van der Waals surface area contributed by atoms with Crippen molar-refractivity contribution >= 4 is 44.2 Å². The molecular formula is C22H23ClN2O2S. The van der Waals surface area contributed by atoms with Gasteiger partial charge in [-0.2, -0.15) is 0 Å². The number of carbonyl (C=O) groups excluding carboxylic acids is 1. The lowest BCUT2D eigenvalue weighted by atomic mass is 10.1. The van der Waals surface area contributed by atoms with E-state index in [9.17, 15) is 4.79 Å². The topological polar surface area (TPSA) is 42.4 Å². The Morgan fingerprint density at radius 3 is 2.64 bits per heavy atom. The van der Waals surface area contributed by atoms with E-state index in [4.69, 9.17) is 21.3 Å². The number of rotatable bonds is 4. The largest absolute Gasteiger partial charge is 0.376 e. The second-order valence-electron chi connectivity index (χ2n) is 7.49. The Bertz CT molecular complexity index is 1020. The highest BCUT2D eigenvalue weighted by molar-refractivity contribution is 7.22. The van der Waals surface area contributed by atoms with E-state index in [0.717, 1.165) is 46.4 Å². The molecule has 0 saturated carbocycles. The van der Waals surface area contributed by atoms with Gasteiger partial charge < -0.3 is 4.74 Å². The van der Waals surface area contributed by atoms with Gasteiger partial charge in [0, 0.05) is 17.2 Å². The van der Waals surface area contributed by atoms with Crippen molar-refractivity contribution in [2.75, 3.05) is 18.1 Å². The summed E-state index contributed by atoms with van der Waals surface area (Å²) in [5.41, 5.74) is 4.75. The predicted molar refractivity (Wildman–Crippen MR) is 116 cm³/mol. The molecule has 3 aromatic rings. The van der Waals surface area contributed by atoms with Crippen LogP contribution < -0.4 is 4.90 Å². The summed E-state index contributed by atoms with van der Waals surface area (Å²) < 4.78 is 6.81. The standard InChI is InChI=1S/C22H23ClN2O2S/c1-13-7-14(2)9-16(8-13)21(26)25(12-18-5-4-6-27-18)22-24-20-15(3)10-17(23)11-19(20)28-22/h7-11,18H,4-6,12H2,1-3H3. The van der Waals surface area contributed by atoms with E-state index < -0.39 is 0 Å². The lowest BCUT2D eigenvalue weighted by molar-refractivity contribution is 0.0917. The van der Waals surface area contributed by atoms with E-state index in [1.54, 1.807) is 4.90 Å². The van der Waals surface area contributed by atoms with Gasteiger partial charge in [-0.3, -0.25) is 9.69 Å². The molecule has 1 saturated heterocycles. The van der Waals surface area contributed by atoms with Gasteiger partial charge in [0.05, 0.1) is 22.9 Å². The van der Waals surface area contributed by atoms with Gasteiger partial charge in [0.1, 0.15) is 0 Å². The molecule has 1 amide bonds. The summed E-state index contributed by atoms with van der Waals surface area (Å²) in [7, 11) is 0. The minimum atomic E-state index is -0.0369. The summed E-state index contributed by atoms with van der Waals surface area (Å²) in [5, 5.41) is 1.38. The molecule has 1 aromatic heterocycles. The molecule has 1 aliphatic heterocycles. The van der Waals surface area contributed by atoms with Crippen LogP contribution in [0.3, 0.4) is 0 Å². The first-order valence-corrected chi connectivity index (χ1v) is 10.7. The van der Waals surface area contributed by atoms with E-state index in [1.807, 2.05) is 45.0 Å². The molecule has 0 bridgehead atoms. The Hall–Kier alpha value is -1.95. The summed E-state index contributed by atoms with van der Waals surface area (Å²) in [6.07, 6.45) is 2.04. The summed E-state index contributed by atoms with van der Waals surface area (Å²) in [6.45, 7) is 7.28. The zero-order chi connectivity index (χ0) is 19.8. The summed E-state index contributed by atoms with van der Waals surface area (Å²) in [6, 6.07) is 9.77. The molecule has 0 N–H and O–H groups in total. The smallest absolute Gasteiger partial charge is 0.260 e. The number of halogens is 1. The number of aromatic nitrogens is 1. The maximum atomic E-state index is 13.5. The number of ether oxygens (including phenoxy) is 1. The Balaban J connectivity index is 1.76. The van der Waals surface area contributed by atoms with Crippen molar-refractivity contribution in [3.63, 3.8) is 0 Å². The van der Waals surface area contributed by atoms with E-state index in [1.165, 1.54) is 11.3 Å². The fourth-order valence-corrected chi connectivity index (χ4v) is 5.18. The van der Waals surface area contributed by atoms with Crippen LogP contribution in [0, 0.1) is 20.8 Å². The van der Waals surface area contributed by atoms with Gasteiger partial charge in [-0.15, -0.1) is 0 Å². The van der Waals surface area contributed by atoms with Gasteiger partial charge in [0.15, 0.2) is 5.13 Å². The lowest BCUT2D eigenvalue weighted by Crippen LogP contribution is -2.37. The first-order valence-electron chi connectivity index (χ1n) is 9.49. The van der Waals surface area contributed by atoms with Crippen LogP contribution in [0.15, 0.2) is 30.3 Å². The number of thiazole rings is 1. The molecule has 1 unspecified atom stereocenters. The van der Waals surface area contributed by atoms with Crippen molar-refractivity contribution in [1.82, 2.24) is 4.98 Å². The molecule has 4 nitrogen and oxygen atoms in total. The van der Waals surface area contributed by atoms with Crippen molar-refractivity contribution in [1.29, 1.82) is 0 Å². The first-order chi connectivity index (χ1) is 13.4. The maximum Gasteiger partial charge on any atom is 0.260 e. The number of carbonyl (C=O) groups is 1.